The van der Waals surface area contributed by atoms with E-state index in [9.17, 15) is 4.79 Å². The summed E-state index contributed by atoms with van der Waals surface area (Å²) in [7, 11) is 0. The number of aryl methyl sites for hydroxylation is 1. The molecule has 190 valence electrons. The Morgan fingerprint density at radius 2 is 1.43 bits per heavy atom. The van der Waals surface area contributed by atoms with Crippen LogP contribution in [0.2, 0.25) is 0 Å². The quantitative estimate of drug-likeness (QED) is 0.146. The van der Waals surface area contributed by atoms with E-state index < -0.39 is 11.9 Å². The molecule has 9 heteroatoms. The first-order chi connectivity index (χ1) is 17.6. The maximum atomic E-state index is 13.1. The van der Waals surface area contributed by atoms with Gasteiger partial charge < -0.3 is 25.9 Å². The monoisotopic (exact) mass is 499 g/mol. The summed E-state index contributed by atoms with van der Waals surface area (Å²) in [6, 6.07) is 22.3. The standard InChI is InChI=1S/C26H25N5O2.C2H4O2/c1-16-5-2-10-22-21(16)13-23(31(22)14-17-6-3-8-19(11-17)24(27)28)26(32)33-15-18-7-4-9-20(12-18)25(29)30;1-2(3)4/h2-13H,14-15H2,1H3,(H3,27,28)(H3,29,30);1H3,(H,3,4). The Hall–Kier alpha value is -4.92. The van der Waals surface area contributed by atoms with Gasteiger partial charge in [-0.2, -0.15) is 0 Å². The lowest BCUT2D eigenvalue weighted by Gasteiger charge is -2.12. The number of nitrogen functional groups attached to an aromatic ring is 2. The number of fused-ring (bicyclic) bond motifs is 1. The highest BCUT2D eigenvalue weighted by atomic mass is 16.5. The molecule has 9 nitrogen and oxygen atoms in total. The van der Waals surface area contributed by atoms with Gasteiger partial charge in [-0.05, 0) is 47.9 Å². The average Bonchev–Trinajstić information content (AvgIpc) is 3.22. The first-order valence-electron chi connectivity index (χ1n) is 11.4. The molecule has 1 heterocycles. The SMILES string of the molecule is CC(=O)O.Cc1cccc2c1cc(C(=O)OCc1cccc(C(=N)N)c1)n2Cc1cccc(C(=N)N)c1. The van der Waals surface area contributed by atoms with Gasteiger partial charge in [-0.3, -0.25) is 15.6 Å². The minimum atomic E-state index is -0.833. The summed E-state index contributed by atoms with van der Waals surface area (Å²) in [6.45, 7) is 3.59. The van der Waals surface area contributed by atoms with Crippen molar-refractivity contribution in [2.75, 3.05) is 0 Å². The fourth-order valence-corrected chi connectivity index (χ4v) is 3.84. The number of carbonyl (C=O) groups is 2. The van der Waals surface area contributed by atoms with E-state index in [4.69, 9.17) is 36.9 Å². The second-order valence-electron chi connectivity index (χ2n) is 8.45. The molecule has 0 saturated carbocycles. The molecule has 4 aromatic rings. The highest BCUT2D eigenvalue weighted by Crippen LogP contribution is 2.25. The molecule has 0 aliphatic rings. The number of aromatic nitrogens is 1. The number of amidine groups is 2. The third kappa shape index (κ3) is 6.82. The Kier molecular flexibility index (Phi) is 8.42. The Balaban J connectivity index is 0.000000886. The molecule has 0 amide bonds. The van der Waals surface area contributed by atoms with Crippen molar-refractivity contribution < 1.29 is 19.4 Å². The molecule has 7 N–H and O–H groups in total. The third-order valence-corrected chi connectivity index (χ3v) is 5.56. The average molecular weight is 500 g/mol. The van der Waals surface area contributed by atoms with E-state index in [0.29, 0.717) is 23.4 Å². The van der Waals surface area contributed by atoms with Crippen LogP contribution in [0.5, 0.6) is 0 Å². The highest BCUT2D eigenvalue weighted by Gasteiger charge is 2.19. The largest absolute Gasteiger partial charge is 0.481 e. The number of carbonyl (C=O) groups excluding carboxylic acids is 1. The van der Waals surface area contributed by atoms with Gasteiger partial charge in [0.25, 0.3) is 5.97 Å². The molecule has 0 bridgehead atoms. The smallest absolute Gasteiger partial charge is 0.355 e. The van der Waals surface area contributed by atoms with Gasteiger partial charge in [0.2, 0.25) is 0 Å². The predicted octanol–water partition coefficient (Wildman–Crippen LogP) is 4.01. The molecule has 0 fully saturated rings. The molecule has 0 atom stereocenters. The van der Waals surface area contributed by atoms with Crippen LogP contribution < -0.4 is 11.5 Å². The highest BCUT2D eigenvalue weighted by molar-refractivity contribution is 5.97. The molecular formula is C28H29N5O4. The Morgan fingerprint density at radius 1 is 0.892 bits per heavy atom. The van der Waals surface area contributed by atoms with Gasteiger partial charge in [0.1, 0.15) is 24.0 Å². The number of carboxylic acid groups (broad SMARTS) is 1. The van der Waals surface area contributed by atoms with Crippen LogP contribution in [0.4, 0.5) is 0 Å². The molecule has 0 aliphatic heterocycles. The Morgan fingerprint density at radius 3 is 2.03 bits per heavy atom. The number of benzene rings is 3. The summed E-state index contributed by atoms with van der Waals surface area (Å²) >= 11 is 0. The van der Waals surface area contributed by atoms with E-state index in [1.54, 1.807) is 24.3 Å². The van der Waals surface area contributed by atoms with Crippen molar-refractivity contribution >= 4 is 34.5 Å². The molecule has 0 aliphatic carbocycles. The van der Waals surface area contributed by atoms with Crippen molar-refractivity contribution in [3.8, 4) is 0 Å². The Labute approximate surface area is 214 Å². The summed E-state index contributed by atoms with van der Waals surface area (Å²) in [5, 5.41) is 23.7. The normalized spacial score (nSPS) is 10.3. The van der Waals surface area contributed by atoms with E-state index in [-0.39, 0.29) is 18.3 Å². The molecule has 0 saturated heterocycles. The minimum absolute atomic E-state index is 0.00233. The summed E-state index contributed by atoms with van der Waals surface area (Å²) in [6.07, 6.45) is 0. The van der Waals surface area contributed by atoms with Crippen LogP contribution in [-0.4, -0.2) is 33.3 Å². The number of ether oxygens (including phenoxy) is 1. The van der Waals surface area contributed by atoms with Gasteiger partial charge in [0, 0.05) is 35.5 Å². The maximum absolute atomic E-state index is 13.1. The van der Waals surface area contributed by atoms with Crippen molar-refractivity contribution in [1.29, 1.82) is 10.8 Å². The molecular weight excluding hydrogens is 470 g/mol. The zero-order valence-electron chi connectivity index (χ0n) is 20.6. The first-order valence-corrected chi connectivity index (χ1v) is 11.4. The van der Waals surface area contributed by atoms with Gasteiger partial charge in [-0.1, -0.05) is 48.5 Å². The van der Waals surface area contributed by atoms with Crippen LogP contribution in [0.25, 0.3) is 10.9 Å². The molecule has 1 aromatic heterocycles. The van der Waals surface area contributed by atoms with Gasteiger partial charge >= 0.3 is 5.97 Å². The molecule has 4 rings (SSSR count). The topological polar surface area (TPSA) is 168 Å². The molecule has 0 radical (unpaired) electrons. The van der Waals surface area contributed by atoms with Crippen LogP contribution in [0.3, 0.4) is 0 Å². The molecule has 37 heavy (non-hydrogen) atoms. The number of carboxylic acids is 1. The number of hydrogen-bond acceptors (Lipinski definition) is 5. The second-order valence-corrected chi connectivity index (χ2v) is 8.45. The summed E-state index contributed by atoms with van der Waals surface area (Å²) in [5.74, 6) is -1.31. The van der Waals surface area contributed by atoms with Crippen molar-refractivity contribution in [2.24, 2.45) is 11.5 Å². The van der Waals surface area contributed by atoms with E-state index in [1.165, 1.54) is 0 Å². The van der Waals surface area contributed by atoms with Crippen molar-refractivity contribution in [2.45, 2.75) is 27.0 Å². The molecule has 0 spiro atoms. The van der Waals surface area contributed by atoms with Gasteiger partial charge in [0.05, 0.1) is 0 Å². The molecule has 3 aromatic carbocycles. The Bertz CT molecular complexity index is 1490. The van der Waals surface area contributed by atoms with Crippen molar-refractivity contribution in [3.63, 3.8) is 0 Å². The summed E-state index contributed by atoms with van der Waals surface area (Å²) in [5.41, 5.74) is 16.5. The van der Waals surface area contributed by atoms with E-state index in [1.807, 2.05) is 60.0 Å². The lowest BCUT2D eigenvalue weighted by atomic mass is 10.1. The number of esters is 1. The third-order valence-electron chi connectivity index (χ3n) is 5.56. The summed E-state index contributed by atoms with van der Waals surface area (Å²) in [4.78, 5) is 22.1. The fourth-order valence-electron chi connectivity index (χ4n) is 3.84. The van der Waals surface area contributed by atoms with Crippen molar-refractivity contribution in [3.05, 3.63) is 106 Å². The zero-order chi connectivity index (χ0) is 27.1. The zero-order valence-corrected chi connectivity index (χ0v) is 20.6. The number of nitrogens with zero attached hydrogens (tertiary/aromatic N) is 1. The summed E-state index contributed by atoms with van der Waals surface area (Å²) < 4.78 is 7.56. The van der Waals surface area contributed by atoms with E-state index >= 15 is 0 Å². The minimum Gasteiger partial charge on any atom is -0.481 e. The predicted molar refractivity (Wildman–Crippen MR) is 143 cm³/mol. The van der Waals surface area contributed by atoms with Crippen LogP contribution in [0, 0.1) is 17.7 Å². The van der Waals surface area contributed by atoms with Crippen LogP contribution >= 0.6 is 0 Å². The number of nitrogens with two attached hydrogens (primary N) is 2. The lowest BCUT2D eigenvalue weighted by Crippen LogP contribution is -2.15. The van der Waals surface area contributed by atoms with E-state index in [2.05, 4.69) is 0 Å². The fraction of sp³-hybridized carbons (Fsp3) is 0.143. The number of nitrogens with one attached hydrogen (secondary N) is 2. The number of aliphatic carboxylic acids is 1. The van der Waals surface area contributed by atoms with Gasteiger partial charge in [-0.25, -0.2) is 4.79 Å². The van der Waals surface area contributed by atoms with Gasteiger partial charge in [0.15, 0.2) is 0 Å². The molecule has 0 unspecified atom stereocenters. The van der Waals surface area contributed by atoms with Crippen LogP contribution in [0.15, 0.2) is 72.8 Å². The van der Waals surface area contributed by atoms with E-state index in [0.717, 1.165) is 34.5 Å². The van der Waals surface area contributed by atoms with Crippen molar-refractivity contribution in [1.82, 2.24) is 4.57 Å². The number of hydrogen-bond donors (Lipinski definition) is 5. The van der Waals surface area contributed by atoms with Crippen LogP contribution in [-0.2, 0) is 22.7 Å². The second kappa shape index (κ2) is 11.7. The number of rotatable bonds is 7. The maximum Gasteiger partial charge on any atom is 0.355 e. The van der Waals surface area contributed by atoms with Gasteiger partial charge in [-0.15, -0.1) is 0 Å². The first kappa shape index (κ1) is 26.7. The lowest BCUT2D eigenvalue weighted by molar-refractivity contribution is -0.134. The van der Waals surface area contributed by atoms with Crippen LogP contribution in [0.1, 0.15) is 45.2 Å².